The predicted octanol–water partition coefficient (Wildman–Crippen LogP) is 2.73. The quantitative estimate of drug-likeness (QED) is 0.907. The van der Waals surface area contributed by atoms with Crippen LogP contribution in [0.3, 0.4) is 0 Å². The van der Waals surface area contributed by atoms with E-state index in [2.05, 4.69) is 0 Å². The van der Waals surface area contributed by atoms with Crippen molar-refractivity contribution in [1.29, 1.82) is 0 Å². The van der Waals surface area contributed by atoms with Crippen LogP contribution >= 0.6 is 0 Å². The fourth-order valence-electron chi connectivity index (χ4n) is 2.74. The number of hydrogen-bond donors (Lipinski definition) is 1. The minimum absolute atomic E-state index is 0.150. The summed E-state index contributed by atoms with van der Waals surface area (Å²) >= 11 is 0. The molecule has 0 atom stereocenters. The second-order valence-corrected chi connectivity index (χ2v) is 7.65. The average molecular weight is 311 g/mol. The minimum Gasteiger partial charge on any atom is -0.478 e. The zero-order valence-corrected chi connectivity index (χ0v) is 13.0. The van der Waals surface area contributed by atoms with Gasteiger partial charge in [-0.05, 0) is 43.0 Å². The van der Waals surface area contributed by atoms with Crippen molar-refractivity contribution < 1.29 is 18.3 Å². The molecule has 0 spiro atoms. The molecule has 6 heteroatoms. The Morgan fingerprint density at radius 1 is 1.19 bits per heavy atom. The van der Waals surface area contributed by atoms with Gasteiger partial charge in [0.1, 0.15) is 0 Å². The third-order valence-electron chi connectivity index (χ3n) is 4.07. The summed E-state index contributed by atoms with van der Waals surface area (Å²) in [5.41, 5.74) is 0.646. The number of hydrogen-bond acceptors (Lipinski definition) is 3. The monoisotopic (exact) mass is 311 g/mol. The molecule has 0 bridgehead atoms. The summed E-state index contributed by atoms with van der Waals surface area (Å²) < 4.78 is 26.1. The Morgan fingerprint density at radius 3 is 2.29 bits per heavy atom. The van der Waals surface area contributed by atoms with E-state index in [4.69, 9.17) is 5.11 Å². The molecule has 1 aliphatic carbocycles. The van der Waals surface area contributed by atoms with E-state index in [1.54, 1.807) is 0 Å². The Labute approximate surface area is 125 Å². The molecule has 0 heterocycles. The third-order valence-corrected chi connectivity index (χ3v) is 6.00. The van der Waals surface area contributed by atoms with E-state index in [9.17, 15) is 13.2 Å². The Bertz CT molecular complexity index is 589. The van der Waals surface area contributed by atoms with Gasteiger partial charge in [0.15, 0.2) is 0 Å². The van der Waals surface area contributed by atoms with Crippen LogP contribution in [0, 0.1) is 5.92 Å². The molecule has 1 aromatic carbocycles. The SMILES string of the molecule is CN(c1ccc(C(=O)O)cc1)S(=O)(=O)CC1CCCCC1. The summed E-state index contributed by atoms with van der Waals surface area (Å²) in [7, 11) is -1.84. The molecule has 0 radical (unpaired) electrons. The Kier molecular flexibility index (Phi) is 4.88. The topological polar surface area (TPSA) is 74.7 Å². The highest BCUT2D eigenvalue weighted by Crippen LogP contribution is 2.27. The molecule has 1 N–H and O–H groups in total. The lowest BCUT2D eigenvalue weighted by Crippen LogP contribution is -2.32. The molecule has 0 aliphatic heterocycles. The summed E-state index contributed by atoms with van der Waals surface area (Å²) in [4.78, 5) is 10.8. The lowest BCUT2D eigenvalue weighted by atomic mass is 9.91. The molecule has 116 valence electrons. The fraction of sp³-hybridized carbons (Fsp3) is 0.533. The zero-order chi connectivity index (χ0) is 15.5. The molecule has 5 nitrogen and oxygen atoms in total. The maximum atomic E-state index is 12.4. The van der Waals surface area contributed by atoms with Gasteiger partial charge >= 0.3 is 5.97 Å². The number of carbonyl (C=O) groups is 1. The summed E-state index contributed by atoms with van der Waals surface area (Å²) in [5.74, 6) is -0.608. The van der Waals surface area contributed by atoms with Gasteiger partial charge in [0.2, 0.25) is 10.0 Å². The zero-order valence-electron chi connectivity index (χ0n) is 12.2. The molecular weight excluding hydrogens is 290 g/mol. The molecule has 1 fully saturated rings. The molecule has 0 amide bonds. The maximum absolute atomic E-state index is 12.4. The first-order valence-corrected chi connectivity index (χ1v) is 8.81. The first kappa shape index (κ1) is 15.8. The molecule has 0 saturated heterocycles. The van der Waals surface area contributed by atoms with Crippen LogP contribution in [-0.2, 0) is 10.0 Å². The lowest BCUT2D eigenvalue weighted by Gasteiger charge is -2.25. The van der Waals surface area contributed by atoms with Gasteiger partial charge in [-0.1, -0.05) is 19.3 Å². The molecule has 0 unspecified atom stereocenters. The van der Waals surface area contributed by atoms with E-state index in [1.807, 2.05) is 0 Å². The van der Waals surface area contributed by atoms with Gasteiger partial charge in [-0.15, -0.1) is 0 Å². The smallest absolute Gasteiger partial charge is 0.335 e. The summed E-state index contributed by atoms with van der Waals surface area (Å²) in [6.45, 7) is 0. The van der Waals surface area contributed by atoms with Crippen LogP contribution in [0.5, 0.6) is 0 Å². The number of aromatic carboxylic acids is 1. The van der Waals surface area contributed by atoms with Gasteiger partial charge in [-0.25, -0.2) is 13.2 Å². The van der Waals surface area contributed by atoms with Crippen LogP contribution in [0.25, 0.3) is 0 Å². The van der Waals surface area contributed by atoms with E-state index in [1.165, 1.54) is 42.0 Å². The van der Waals surface area contributed by atoms with Crippen molar-refractivity contribution in [3.05, 3.63) is 29.8 Å². The van der Waals surface area contributed by atoms with Crippen LogP contribution in [0.1, 0.15) is 42.5 Å². The summed E-state index contributed by atoms with van der Waals surface area (Å²) in [6.07, 6.45) is 5.37. The van der Waals surface area contributed by atoms with Crippen molar-refractivity contribution >= 4 is 21.7 Å². The highest BCUT2D eigenvalue weighted by Gasteiger charge is 2.25. The van der Waals surface area contributed by atoms with E-state index < -0.39 is 16.0 Å². The van der Waals surface area contributed by atoms with Crippen molar-refractivity contribution in [2.24, 2.45) is 5.92 Å². The van der Waals surface area contributed by atoms with Gasteiger partial charge < -0.3 is 5.11 Å². The molecule has 21 heavy (non-hydrogen) atoms. The van der Waals surface area contributed by atoms with Gasteiger partial charge in [-0.2, -0.15) is 0 Å². The number of sulfonamides is 1. The number of carboxylic acid groups (broad SMARTS) is 1. The lowest BCUT2D eigenvalue weighted by molar-refractivity contribution is 0.0697. The van der Waals surface area contributed by atoms with Crippen molar-refractivity contribution in [3.8, 4) is 0 Å². The largest absolute Gasteiger partial charge is 0.478 e. The minimum atomic E-state index is -3.36. The number of rotatable bonds is 5. The first-order chi connectivity index (χ1) is 9.90. The van der Waals surface area contributed by atoms with Gasteiger partial charge in [0.05, 0.1) is 17.0 Å². The Hall–Kier alpha value is -1.56. The third kappa shape index (κ3) is 3.97. The van der Waals surface area contributed by atoms with Crippen molar-refractivity contribution in [1.82, 2.24) is 0 Å². The maximum Gasteiger partial charge on any atom is 0.335 e. The summed E-state index contributed by atoms with van der Waals surface area (Å²) in [5, 5.41) is 8.86. The van der Waals surface area contributed by atoms with Crippen LogP contribution in [0.15, 0.2) is 24.3 Å². The molecule has 0 aromatic heterocycles. The second-order valence-electron chi connectivity index (χ2n) is 5.60. The number of benzene rings is 1. The molecule has 1 saturated carbocycles. The standard InChI is InChI=1S/C15H21NO4S/c1-16(14-9-7-13(8-10-14)15(17)18)21(19,20)11-12-5-3-2-4-6-12/h7-10,12H,2-6,11H2,1H3,(H,17,18). The molecule has 2 rings (SSSR count). The van der Waals surface area contributed by atoms with E-state index in [-0.39, 0.29) is 17.2 Å². The van der Waals surface area contributed by atoms with Gasteiger partial charge in [0, 0.05) is 7.05 Å². The van der Waals surface area contributed by atoms with Crippen LogP contribution in [0.4, 0.5) is 5.69 Å². The predicted molar refractivity (Wildman–Crippen MR) is 82.2 cm³/mol. The second kappa shape index (κ2) is 6.47. The molecule has 1 aliphatic rings. The number of carboxylic acids is 1. The summed E-state index contributed by atoms with van der Waals surface area (Å²) in [6, 6.07) is 5.90. The van der Waals surface area contributed by atoms with E-state index >= 15 is 0 Å². The van der Waals surface area contributed by atoms with E-state index in [0.717, 1.165) is 25.7 Å². The normalized spacial score (nSPS) is 16.6. The highest BCUT2D eigenvalue weighted by atomic mass is 32.2. The number of anilines is 1. The number of nitrogens with zero attached hydrogens (tertiary/aromatic N) is 1. The van der Waals surface area contributed by atoms with Crippen LogP contribution < -0.4 is 4.31 Å². The Balaban J connectivity index is 2.09. The van der Waals surface area contributed by atoms with Crippen molar-refractivity contribution in [2.75, 3.05) is 17.1 Å². The van der Waals surface area contributed by atoms with Crippen LogP contribution in [0.2, 0.25) is 0 Å². The van der Waals surface area contributed by atoms with Crippen LogP contribution in [-0.4, -0.2) is 32.3 Å². The van der Waals surface area contributed by atoms with Gasteiger partial charge in [0.25, 0.3) is 0 Å². The van der Waals surface area contributed by atoms with E-state index in [0.29, 0.717) is 5.69 Å². The molecular formula is C15H21NO4S. The van der Waals surface area contributed by atoms with Crippen molar-refractivity contribution in [3.63, 3.8) is 0 Å². The van der Waals surface area contributed by atoms with Gasteiger partial charge in [-0.3, -0.25) is 4.31 Å². The molecule has 1 aromatic rings. The fourth-order valence-corrected chi connectivity index (χ4v) is 4.33. The average Bonchev–Trinajstić information content (AvgIpc) is 2.47. The highest BCUT2D eigenvalue weighted by molar-refractivity contribution is 7.92. The first-order valence-electron chi connectivity index (χ1n) is 7.20. The Morgan fingerprint density at radius 2 is 1.76 bits per heavy atom. The van der Waals surface area contributed by atoms with Crippen molar-refractivity contribution in [2.45, 2.75) is 32.1 Å².